The largest absolute Gasteiger partial charge is 0.256 e. The van der Waals surface area contributed by atoms with Crippen LogP contribution in [0.3, 0.4) is 0 Å². The maximum atomic E-state index is 5.13. The lowest BCUT2D eigenvalue weighted by molar-refractivity contribution is 1.18. The second-order valence-corrected chi connectivity index (χ2v) is 10.6. The van der Waals surface area contributed by atoms with Gasteiger partial charge < -0.3 is 0 Å². The van der Waals surface area contributed by atoms with E-state index in [0.29, 0.717) is 5.82 Å². The molecule has 0 aliphatic rings. The monoisotopic (exact) mass is 535 g/mol. The van der Waals surface area contributed by atoms with E-state index in [1.54, 1.807) is 0 Å². The van der Waals surface area contributed by atoms with Gasteiger partial charge in [-0.2, -0.15) is 0 Å². The molecule has 6 aromatic carbocycles. The number of para-hydroxylation sites is 1. The first kappa shape index (κ1) is 24.2. The fourth-order valence-electron chi connectivity index (χ4n) is 5.64. The number of aromatic nitrogens is 3. The number of rotatable bonds is 4. The Morgan fingerprint density at radius 3 is 1.55 bits per heavy atom. The van der Waals surface area contributed by atoms with Gasteiger partial charge in [0.15, 0.2) is 5.82 Å². The molecule has 8 rings (SSSR count). The molecule has 0 radical (unpaired) electrons. The van der Waals surface area contributed by atoms with Crippen molar-refractivity contribution >= 4 is 32.4 Å². The van der Waals surface area contributed by atoms with Gasteiger partial charge in [0.1, 0.15) is 0 Å². The third-order valence-corrected chi connectivity index (χ3v) is 7.86. The topological polar surface area (TPSA) is 38.7 Å². The van der Waals surface area contributed by atoms with Crippen LogP contribution in [0.2, 0.25) is 0 Å². The Hall–Kier alpha value is -5.67. The first-order chi connectivity index (χ1) is 20.8. The molecule has 3 nitrogen and oxygen atoms in total. The van der Waals surface area contributed by atoms with Crippen molar-refractivity contribution in [3.8, 4) is 45.0 Å². The second kappa shape index (κ2) is 10.1. The van der Waals surface area contributed by atoms with Crippen LogP contribution in [0, 0.1) is 0 Å². The average Bonchev–Trinajstić information content (AvgIpc) is 3.07. The number of nitrogens with zero attached hydrogens (tertiary/aromatic N) is 3. The minimum Gasteiger partial charge on any atom is -0.256 e. The molecule has 0 unspecified atom stereocenters. The van der Waals surface area contributed by atoms with E-state index in [4.69, 9.17) is 9.97 Å². The zero-order valence-corrected chi connectivity index (χ0v) is 22.8. The third-order valence-electron chi connectivity index (χ3n) is 7.86. The van der Waals surface area contributed by atoms with Crippen LogP contribution in [0.25, 0.3) is 77.5 Å². The van der Waals surface area contributed by atoms with Crippen LogP contribution in [0.5, 0.6) is 0 Å². The number of fused-ring (bicyclic) bond motifs is 3. The van der Waals surface area contributed by atoms with Gasteiger partial charge in [-0.3, -0.25) is 4.98 Å². The summed E-state index contributed by atoms with van der Waals surface area (Å²) in [6.07, 6.45) is 1.94. The summed E-state index contributed by atoms with van der Waals surface area (Å²) in [7, 11) is 0. The molecule has 8 aromatic rings. The Kier molecular flexibility index (Phi) is 5.79. The van der Waals surface area contributed by atoms with E-state index in [1.807, 2.05) is 24.4 Å². The van der Waals surface area contributed by atoms with Crippen LogP contribution in [-0.4, -0.2) is 15.0 Å². The summed E-state index contributed by atoms with van der Waals surface area (Å²) in [5.41, 5.74) is 8.02. The minimum absolute atomic E-state index is 0.694. The molecule has 2 aromatic heterocycles. The summed E-state index contributed by atoms with van der Waals surface area (Å²) in [4.78, 5) is 14.9. The molecule has 0 saturated carbocycles. The van der Waals surface area contributed by atoms with E-state index in [2.05, 4.69) is 132 Å². The van der Waals surface area contributed by atoms with Crippen molar-refractivity contribution in [2.75, 3.05) is 0 Å². The van der Waals surface area contributed by atoms with Gasteiger partial charge in [0.05, 0.1) is 16.9 Å². The van der Waals surface area contributed by atoms with Crippen molar-refractivity contribution in [1.29, 1.82) is 0 Å². The highest BCUT2D eigenvalue weighted by Gasteiger charge is 2.13. The highest BCUT2D eigenvalue weighted by molar-refractivity contribution is 5.90. The predicted molar refractivity (Wildman–Crippen MR) is 174 cm³/mol. The molecule has 0 spiro atoms. The maximum absolute atomic E-state index is 5.13. The minimum atomic E-state index is 0.694. The van der Waals surface area contributed by atoms with Gasteiger partial charge in [-0.15, -0.1) is 0 Å². The third kappa shape index (κ3) is 4.47. The SMILES string of the molecule is c1cc(-c2cnc3ccccc3c2)cc(-c2nc(-c3ccc4ccccc4c3)cc(-c3ccc4ccccc4c3)n2)c1. The van der Waals surface area contributed by atoms with E-state index < -0.39 is 0 Å². The molecule has 0 amide bonds. The van der Waals surface area contributed by atoms with Crippen molar-refractivity contribution < 1.29 is 0 Å². The normalized spacial score (nSPS) is 11.3. The molecule has 0 N–H and O–H groups in total. The molecule has 0 fully saturated rings. The first-order valence-corrected chi connectivity index (χ1v) is 14.1. The molecule has 3 heteroatoms. The molecule has 42 heavy (non-hydrogen) atoms. The summed E-state index contributed by atoms with van der Waals surface area (Å²) >= 11 is 0. The van der Waals surface area contributed by atoms with E-state index in [9.17, 15) is 0 Å². The molecule has 0 aliphatic carbocycles. The van der Waals surface area contributed by atoms with Crippen molar-refractivity contribution in [2.45, 2.75) is 0 Å². The zero-order chi connectivity index (χ0) is 27.9. The zero-order valence-electron chi connectivity index (χ0n) is 22.8. The number of hydrogen-bond donors (Lipinski definition) is 0. The lowest BCUT2D eigenvalue weighted by atomic mass is 10.0. The molecule has 0 aliphatic heterocycles. The molecular formula is C39H25N3. The summed E-state index contributed by atoms with van der Waals surface area (Å²) in [6, 6.07) is 50.8. The molecule has 0 bridgehead atoms. The van der Waals surface area contributed by atoms with Crippen LogP contribution >= 0.6 is 0 Å². The number of benzene rings is 6. The Labute approximate surface area is 243 Å². The van der Waals surface area contributed by atoms with Crippen molar-refractivity contribution in [3.63, 3.8) is 0 Å². The molecule has 196 valence electrons. The quantitative estimate of drug-likeness (QED) is 0.225. The van der Waals surface area contributed by atoms with E-state index in [1.165, 1.54) is 21.5 Å². The Balaban J connectivity index is 1.29. The smallest absolute Gasteiger partial charge is 0.160 e. The summed E-state index contributed by atoms with van der Waals surface area (Å²) in [6.45, 7) is 0. The molecule has 2 heterocycles. The fourth-order valence-corrected chi connectivity index (χ4v) is 5.64. The number of hydrogen-bond acceptors (Lipinski definition) is 3. The second-order valence-electron chi connectivity index (χ2n) is 10.6. The molecule has 0 saturated heterocycles. The van der Waals surface area contributed by atoms with E-state index in [0.717, 1.165) is 50.1 Å². The molecule has 0 atom stereocenters. The van der Waals surface area contributed by atoms with Crippen LogP contribution in [0.1, 0.15) is 0 Å². The van der Waals surface area contributed by atoms with Crippen LogP contribution in [0.4, 0.5) is 0 Å². The van der Waals surface area contributed by atoms with Gasteiger partial charge in [-0.05, 0) is 63.5 Å². The van der Waals surface area contributed by atoms with Crippen molar-refractivity contribution in [1.82, 2.24) is 15.0 Å². The Bertz CT molecular complexity index is 2170. The highest BCUT2D eigenvalue weighted by Crippen LogP contribution is 2.32. The summed E-state index contributed by atoms with van der Waals surface area (Å²) < 4.78 is 0. The average molecular weight is 536 g/mol. The maximum Gasteiger partial charge on any atom is 0.160 e. The first-order valence-electron chi connectivity index (χ1n) is 14.1. The van der Waals surface area contributed by atoms with Crippen LogP contribution in [-0.2, 0) is 0 Å². The molecular weight excluding hydrogens is 510 g/mol. The van der Waals surface area contributed by atoms with Crippen molar-refractivity contribution in [2.24, 2.45) is 0 Å². The summed E-state index contributed by atoms with van der Waals surface area (Å²) in [5, 5.41) is 5.92. The van der Waals surface area contributed by atoms with Gasteiger partial charge in [0.2, 0.25) is 0 Å². The van der Waals surface area contributed by atoms with Gasteiger partial charge in [0.25, 0.3) is 0 Å². The van der Waals surface area contributed by atoms with E-state index in [-0.39, 0.29) is 0 Å². The Morgan fingerprint density at radius 2 is 0.881 bits per heavy atom. The van der Waals surface area contributed by atoms with Gasteiger partial charge >= 0.3 is 0 Å². The van der Waals surface area contributed by atoms with Crippen LogP contribution in [0.15, 0.2) is 152 Å². The number of pyridine rings is 1. The van der Waals surface area contributed by atoms with Gasteiger partial charge in [-0.1, -0.05) is 109 Å². The predicted octanol–water partition coefficient (Wildman–Crippen LogP) is 10.00. The van der Waals surface area contributed by atoms with Crippen molar-refractivity contribution in [3.05, 3.63) is 152 Å². The highest BCUT2D eigenvalue weighted by atomic mass is 14.9. The van der Waals surface area contributed by atoms with E-state index >= 15 is 0 Å². The standard InChI is InChI=1S/C39H25N3/c1-3-10-28-20-32(18-16-26(28)8-1)37-24-38(33-19-17-27-9-2-4-11-29(27)21-33)42-39(41-37)34-14-7-13-30(22-34)35-23-31-12-5-6-15-36(31)40-25-35/h1-25H. The summed E-state index contributed by atoms with van der Waals surface area (Å²) in [5.74, 6) is 0.694. The van der Waals surface area contributed by atoms with Crippen LogP contribution < -0.4 is 0 Å². The van der Waals surface area contributed by atoms with Gasteiger partial charge in [0, 0.05) is 33.8 Å². The lowest BCUT2D eigenvalue weighted by Gasteiger charge is -2.12. The Morgan fingerprint density at radius 1 is 0.333 bits per heavy atom. The fraction of sp³-hybridized carbons (Fsp3) is 0. The lowest BCUT2D eigenvalue weighted by Crippen LogP contribution is -1.96. The van der Waals surface area contributed by atoms with Gasteiger partial charge in [-0.25, -0.2) is 9.97 Å².